The fraction of sp³-hybridized carbons (Fsp3) is 0.333. The molecule has 4 rings (SSSR count). The molecule has 7 nitrogen and oxygen atoms in total. The van der Waals surface area contributed by atoms with Crippen molar-refractivity contribution in [1.82, 2.24) is 0 Å². The van der Waals surface area contributed by atoms with Gasteiger partial charge in [-0.1, -0.05) is 23.8 Å². The fourth-order valence-corrected chi connectivity index (χ4v) is 4.40. The Morgan fingerprint density at radius 3 is 2.27 bits per heavy atom. The summed E-state index contributed by atoms with van der Waals surface area (Å²) in [4.78, 5) is 23.6. The first-order valence-electron chi connectivity index (χ1n) is 12.1. The average molecular weight is 505 g/mol. The van der Waals surface area contributed by atoms with Crippen molar-refractivity contribution in [2.75, 3.05) is 13.7 Å². The zero-order valence-electron chi connectivity index (χ0n) is 22.3. The van der Waals surface area contributed by atoms with Crippen LogP contribution in [0.15, 0.2) is 42.0 Å². The summed E-state index contributed by atoms with van der Waals surface area (Å²) < 4.78 is 29.7. The highest BCUT2D eigenvalue weighted by atomic mass is 16.5. The quantitative estimate of drug-likeness (QED) is 0.266. The van der Waals surface area contributed by atoms with Crippen molar-refractivity contribution in [2.45, 2.75) is 53.6 Å². The van der Waals surface area contributed by atoms with E-state index in [1.165, 1.54) is 13.8 Å². The molecule has 0 unspecified atom stereocenters. The maximum absolute atomic E-state index is 12.3. The minimum Gasteiger partial charge on any atom is -0.495 e. The maximum Gasteiger partial charge on any atom is 0.308 e. The molecule has 0 fully saturated rings. The molecule has 2 aliphatic rings. The third kappa shape index (κ3) is 5.40. The Morgan fingerprint density at radius 1 is 1.00 bits per heavy atom. The SMILES string of the molecule is COc1c2c(c(CC=C(C)C)c3c1C(OC(C)=O)=C(c1ccc(OC(C)=O)cc1)CO3)OC(C)(C)C=C2. The molecule has 37 heavy (non-hydrogen) atoms. The number of ether oxygens (including phenoxy) is 5. The highest BCUT2D eigenvalue weighted by Crippen LogP contribution is 2.53. The van der Waals surface area contributed by atoms with E-state index in [1.807, 2.05) is 39.8 Å². The van der Waals surface area contributed by atoms with Gasteiger partial charge < -0.3 is 23.7 Å². The molecule has 0 atom stereocenters. The second-order valence-corrected chi connectivity index (χ2v) is 9.79. The Balaban J connectivity index is 1.99. The average Bonchev–Trinajstić information content (AvgIpc) is 2.81. The van der Waals surface area contributed by atoms with E-state index in [1.54, 1.807) is 31.4 Å². The first-order valence-corrected chi connectivity index (χ1v) is 12.1. The van der Waals surface area contributed by atoms with Crippen molar-refractivity contribution >= 4 is 29.3 Å². The molecular formula is C30H32O7. The summed E-state index contributed by atoms with van der Waals surface area (Å²) in [5, 5.41) is 0. The zero-order valence-corrected chi connectivity index (χ0v) is 22.3. The van der Waals surface area contributed by atoms with Gasteiger partial charge in [-0.25, -0.2) is 0 Å². The number of fused-ring (bicyclic) bond motifs is 2. The van der Waals surface area contributed by atoms with Crippen LogP contribution < -0.4 is 18.9 Å². The second kappa shape index (κ2) is 10.2. The smallest absolute Gasteiger partial charge is 0.308 e. The van der Waals surface area contributed by atoms with Crippen molar-refractivity contribution in [3.05, 3.63) is 64.2 Å². The lowest BCUT2D eigenvalue weighted by Crippen LogP contribution is -2.29. The lowest BCUT2D eigenvalue weighted by molar-refractivity contribution is -0.134. The normalized spacial score (nSPS) is 15.0. The van der Waals surface area contributed by atoms with Gasteiger partial charge in [0, 0.05) is 25.0 Å². The zero-order chi connectivity index (χ0) is 26.9. The second-order valence-electron chi connectivity index (χ2n) is 9.79. The molecule has 0 bridgehead atoms. The molecule has 2 aromatic carbocycles. The lowest BCUT2D eigenvalue weighted by Gasteiger charge is -2.34. The summed E-state index contributed by atoms with van der Waals surface area (Å²) in [5.41, 5.74) is 4.26. The molecule has 0 aromatic heterocycles. The van der Waals surface area contributed by atoms with Crippen LogP contribution in [0.2, 0.25) is 0 Å². The summed E-state index contributed by atoms with van der Waals surface area (Å²) in [6, 6.07) is 6.97. The molecule has 0 saturated heterocycles. The summed E-state index contributed by atoms with van der Waals surface area (Å²) in [7, 11) is 1.58. The van der Waals surface area contributed by atoms with E-state index in [0.29, 0.717) is 46.3 Å². The molecule has 2 aromatic rings. The first kappa shape index (κ1) is 26.1. The predicted molar refractivity (Wildman–Crippen MR) is 142 cm³/mol. The molecule has 2 heterocycles. The van der Waals surface area contributed by atoms with Gasteiger partial charge in [0.15, 0.2) is 5.76 Å². The van der Waals surface area contributed by atoms with Crippen molar-refractivity contribution in [3.63, 3.8) is 0 Å². The van der Waals surface area contributed by atoms with Gasteiger partial charge in [-0.15, -0.1) is 0 Å². The minimum atomic E-state index is -0.510. The highest BCUT2D eigenvalue weighted by Gasteiger charge is 2.37. The summed E-state index contributed by atoms with van der Waals surface area (Å²) in [6.45, 7) is 10.9. The van der Waals surface area contributed by atoms with E-state index in [2.05, 4.69) is 6.08 Å². The summed E-state index contributed by atoms with van der Waals surface area (Å²) in [6.07, 6.45) is 6.64. The Bertz CT molecular complexity index is 1340. The Hall–Kier alpha value is -4.00. The Morgan fingerprint density at radius 2 is 1.68 bits per heavy atom. The van der Waals surface area contributed by atoms with Gasteiger partial charge in [-0.2, -0.15) is 0 Å². The van der Waals surface area contributed by atoms with E-state index in [9.17, 15) is 9.59 Å². The van der Waals surface area contributed by atoms with Gasteiger partial charge in [0.05, 0.1) is 12.7 Å². The van der Waals surface area contributed by atoms with Crippen LogP contribution in [0.3, 0.4) is 0 Å². The third-order valence-electron chi connectivity index (χ3n) is 6.00. The predicted octanol–water partition coefficient (Wildman–Crippen LogP) is 6.14. The number of rotatable bonds is 6. The molecule has 0 spiro atoms. The summed E-state index contributed by atoms with van der Waals surface area (Å²) in [5.74, 6) is 1.68. The van der Waals surface area contributed by atoms with Crippen LogP contribution in [-0.4, -0.2) is 31.3 Å². The van der Waals surface area contributed by atoms with Crippen LogP contribution in [0.1, 0.15) is 63.8 Å². The molecule has 7 heteroatoms. The third-order valence-corrected chi connectivity index (χ3v) is 6.00. The van der Waals surface area contributed by atoms with Crippen LogP contribution in [0.4, 0.5) is 0 Å². The fourth-order valence-electron chi connectivity index (χ4n) is 4.40. The van der Waals surface area contributed by atoms with Gasteiger partial charge in [0.25, 0.3) is 0 Å². The van der Waals surface area contributed by atoms with Crippen LogP contribution in [0, 0.1) is 0 Å². The number of benzene rings is 2. The van der Waals surface area contributed by atoms with Crippen molar-refractivity contribution in [3.8, 4) is 23.0 Å². The number of carbonyl (C=O) groups is 2. The number of allylic oxidation sites excluding steroid dienone is 2. The molecule has 0 saturated carbocycles. The van der Waals surface area contributed by atoms with E-state index < -0.39 is 17.5 Å². The maximum atomic E-state index is 12.3. The molecule has 194 valence electrons. The minimum absolute atomic E-state index is 0.158. The van der Waals surface area contributed by atoms with Crippen LogP contribution >= 0.6 is 0 Å². The largest absolute Gasteiger partial charge is 0.495 e. The van der Waals surface area contributed by atoms with Crippen LogP contribution in [0.5, 0.6) is 23.0 Å². The van der Waals surface area contributed by atoms with Gasteiger partial charge in [-0.05, 0) is 64.0 Å². The van der Waals surface area contributed by atoms with Crippen LogP contribution in [-0.2, 0) is 20.7 Å². The van der Waals surface area contributed by atoms with Gasteiger partial charge >= 0.3 is 11.9 Å². The molecule has 0 radical (unpaired) electrons. The lowest BCUT2D eigenvalue weighted by atomic mass is 9.89. The van der Waals surface area contributed by atoms with E-state index in [-0.39, 0.29) is 6.61 Å². The van der Waals surface area contributed by atoms with E-state index >= 15 is 0 Å². The molecule has 0 aliphatic carbocycles. The number of hydrogen-bond donors (Lipinski definition) is 0. The highest BCUT2D eigenvalue weighted by molar-refractivity contribution is 5.99. The van der Waals surface area contributed by atoms with E-state index in [4.69, 9.17) is 23.7 Å². The number of methoxy groups -OCH3 is 1. The van der Waals surface area contributed by atoms with E-state index in [0.717, 1.165) is 22.3 Å². The van der Waals surface area contributed by atoms with Crippen molar-refractivity contribution < 1.29 is 33.3 Å². The topological polar surface area (TPSA) is 80.3 Å². The monoisotopic (exact) mass is 504 g/mol. The summed E-state index contributed by atoms with van der Waals surface area (Å²) >= 11 is 0. The first-order chi connectivity index (χ1) is 17.5. The van der Waals surface area contributed by atoms with Gasteiger partial charge in [0.2, 0.25) is 0 Å². The Kier molecular flexibility index (Phi) is 7.16. The number of hydrogen-bond acceptors (Lipinski definition) is 7. The Labute approximate surface area is 217 Å². The molecule has 2 aliphatic heterocycles. The molecule has 0 N–H and O–H groups in total. The number of esters is 2. The molecule has 0 amide bonds. The molecular weight excluding hydrogens is 472 g/mol. The van der Waals surface area contributed by atoms with Gasteiger partial charge in [-0.3, -0.25) is 9.59 Å². The van der Waals surface area contributed by atoms with Crippen molar-refractivity contribution in [1.29, 1.82) is 0 Å². The van der Waals surface area contributed by atoms with Crippen LogP contribution in [0.25, 0.3) is 17.4 Å². The van der Waals surface area contributed by atoms with Crippen molar-refractivity contribution in [2.24, 2.45) is 0 Å². The standard InChI is InChI=1S/C30H32O7/c1-17(2)8-13-22-26-23(14-15-30(5,6)37-26)27(33-7)25-28(22)34-16-24(29(25)36-19(4)32)20-9-11-21(12-10-20)35-18(3)31/h8-12,14-15H,13,16H2,1-7H3. The number of carbonyl (C=O) groups excluding carboxylic acids is 2. The van der Waals surface area contributed by atoms with Gasteiger partial charge in [0.1, 0.15) is 40.8 Å².